The van der Waals surface area contributed by atoms with E-state index >= 15 is 0 Å². The normalized spacial score (nSPS) is 11.6. The van der Waals surface area contributed by atoms with Gasteiger partial charge in [-0.15, -0.1) is 0 Å². The number of hydrogen-bond donors (Lipinski definition) is 0. The lowest BCUT2D eigenvalue weighted by atomic mass is 10.5. The molecular formula is C6H9O4P. The Morgan fingerprint density at radius 2 is 2.36 bits per heavy atom. The van der Waals surface area contributed by atoms with Gasteiger partial charge in [-0.1, -0.05) is 10.6 Å². The molecule has 0 rings (SSSR count). The van der Waals surface area contributed by atoms with Crippen LogP contribution in [0.4, 0.5) is 0 Å². The zero-order valence-electron chi connectivity index (χ0n) is 6.15. The number of ether oxygens (including phenoxy) is 1. The van der Waals surface area contributed by atoms with Crippen LogP contribution < -0.4 is 4.89 Å². The first kappa shape index (κ1) is 10.3. The van der Waals surface area contributed by atoms with Crippen molar-refractivity contribution in [1.29, 1.82) is 0 Å². The predicted octanol–water partition coefficient (Wildman–Crippen LogP) is 0.208. The summed E-state index contributed by atoms with van der Waals surface area (Å²) < 4.78 is 14.5. The summed E-state index contributed by atoms with van der Waals surface area (Å²) in [5, 5.41) is 0. The lowest BCUT2D eigenvalue weighted by Gasteiger charge is -1.95. The molecule has 0 radical (unpaired) electrons. The first-order chi connectivity index (χ1) is 5.16. The molecule has 0 saturated heterocycles. The largest absolute Gasteiger partial charge is 0.595 e. The van der Waals surface area contributed by atoms with E-state index in [9.17, 15) is 14.3 Å². The van der Waals surface area contributed by atoms with Crippen LogP contribution in [0.15, 0.2) is 12.2 Å². The number of carbonyl (C=O) groups excluding carboxylic acids is 1. The fourth-order valence-electron chi connectivity index (χ4n) is 0.405. The molecule has 0 bridgehead atoms. The van der Waals surface area contributed by atoms with Gasteiger partial charge in [0, 0.05) is 6.08 Å². The fraction of sp³-hybridized carbons (Fsp3) is 0.500. The Bertz CT molecular complexity index is 175. The summed E-state index contributed by atoms with van der Waals surface area (Å²) in [7, 11) is -2.44. The van der Waals surface area contributed by atoms with Gasteiger partial charge in [0.25, 0.3) is 0 Å². The monoisotopic (exact) mass is 176 g/mol. The predicted molar refractivity (Wildman–Crippen MR) is 38.2 cm³/mol. The molecule has 0 spiro atoms. The van der Waals surface area contributed by atoms with Crippen LogP contribution >= 0.6 is 8.03 Å². The summed E-state index contributed by atoms with van der Waals surface area (Å²) in [6.07, 6.45) is 2.65. The van der Waals surface area contributed by atoms with Crippen molar-refractivity contribution in [2.24, 2.45) is 0 Å². The van der Waals surface area contributed by atoms with E-state index < -0.39 is 14.0 Å². The van der Waals surface area contributed by atoms with Gasteiger partial charge in [0.05, 0.1) is 0 Å². The molecule has 0 heterocycles. The molecule has 0 aliphatic heterocycles. The van der Waals surface area contributed by atoms with Crippen LogP contribution in [0.1, 0.15) is 6.92 Å². The molecular weight excluding hydrogens is 167 g/mol. The van der Waals surface area contributed by atoms with Gasteiger partial charge in [0.2, 0.25) is 0 Å². The topological polar surface area (TPSA) is 66.4 Å². The Labute approximate surface area is 65.7 Å². The van der Waals surface area contributed by atoms with E-state index in [-0.39, 0.29) is 12.8 Å². The van der Waals surface area contributed by atoms with Crippen LogP contribution in [0, 0.1) is 0 Å². The van der Waals surface area contributed by atoms with Gasteiger partial charge in [-0.2, -0.15) is 0 Å². The molecule has 4 nitrogen and oxygen atoms in total. The van der Waals surface area contributed by atoms with Crippen molar-refractivity contribution in [3.63, 3.8) is 0 Å². The Morgan fingerprint density at radius 3 is 2.82 bits per heavy atom. The van der Waals surface area contributed by atoms with Crippen molar-refractivity contribution < 1.29 is 19.0 Å². The molecule has 1 atom stereocenters. The Balaban J connectivity index is 3.39. The lowest BCUT2D eigenvalue weighted by Crippen LogP contribution is -2.06. The Kier molecular flexibility index (Phi) is 5.61. The SMILES string of the molecule is CC=CC(=O)OCC[P+](=O)[O-]. The number of hydrogen-bond acceptors (Lipinski definition) is 4. The van der Waals surface area contributed by atoms with Crippen LogP contribution in [-0.4, -0.2) is 18.7 Å². The highest BCUT2D eigenvalue weighted by atomic mass is 31.1. The molecule has 0 N–H and O–H groups in total. The zero-order valence-corrected chi connectivity index (χ0v) is 7.04. The average molecular weight is 176 g/mol. The first-order valence-electron chi connectivity index (χ1n) is 3.08. The van der Waals surface area contributed by atoms with Crippen molar-refractivity contribution in [1.82, 2.24) is 0 Å². The third-order valence-corrected chi connectivity index (χ3v) is 1.37. The lowest BCUT2D eigenvalue weighted by molar-refractivity contribution is -0.164. The molecule has 0 aromatic carbocycles. The van der Waals surface area contributed by atoms with Gasteiger partial charge >= 0.3 is 14.0 Å². The van der Waals surface area contributed by atoms with Crippen molar-refractivity contribution in [3.05, 3.63) is 12.2 Å². The number of esters is 1. The van der Waals surface area contributed by atoms with Gasteiger partial charge in [-0.25, -0.2) is 4.79 Å². The second kappa shape index (κ2) is 6.01. The average Bonchev–Trinajstić information content (AvgIpc) is 1.87. The molecule has 62 valence electrons. The highest BCUT2D eigenvalue weighted by molar-refractivity contribution is 7.36. The van der Waals surface area contributed by atoms with Gasteiger partial charge in [-0.05, 0) is 6.92 Å². The summed E-state index contributed by atoms with van der Waals surface area (Å²) in [5.41, 5.74) is 0. The van der Waals surface area contributed by atoms with E-state index in [1.165, 1.54) is 12.2 Å². The van der Waals surface area contributed by atoms with Crippen molar-refractivity contribution in [2.45, 2.75) is 6.92 Å². The maximum Gasteiger partial charge on any atom is 0.330 e. The van der Waals surface area contributed by atoms with Crippen molar-refractivity contribution in [3.8, 4) is 0 Å². The quantitative estimate of drug-likeness (QED) is 0.349. The first-order valence-corrected chi connectivity index (χ1v) is 4.44. The summed E-state index contributed by atoms with van der Waals surface area (Å²) in [6.45, 7) is 1.61. The maximum atomic E-state index is 10.5. The fourth-order valence-corrected chi connectivity index (χ4v) is 0.645. The number of carbonyl (C=O) groups is 1. The second-order valence-electron chi connectivity index (χ2n) is 1.72. The molecule has 5 heteroatoms. The van der Waals surface area contributed by atoms with E-state index in [1.807, 2.05) is 0 Å². The molecule has 0 aliphatic carbocycles. The molecule has 0 amide bonds. The van der Waals surface area contributed by atoms with Crippen LogP contribution in [0.5, 0.6) is 0 Å². The standard InChI is InChI=1S/C6H9O4P/c1-2-3-6(7)10-4-5-11(8)9/h2-3H,4-5H2,1H3. The van der Waals surface area contributed by atoms with Crippen LogP contribution in [0.2, 0.25) is 0 Å². The van der Waals surface area contributed by atoms with Crippen molar-refractivity contribution in [2.75, 3.05) is 12.8 Å². The van der Waals surface area contributed by atoms with Gasteiger partial charge < -0.3 is 9.63 Å². The number of allylic oxidation sites excluding steroid dienone is 1. The van der Waals surface area contributed by atoms with E-state index in [0.717, 1.165) is 0 Å². The summed E-state index contributed by atoms with van der Waals surface area (Å²) >= 11 is 0. The molecule has 0 fully saturated rings. The molecule has 0 aliphatic rings. The molecule has 1 unspecified atom stereocenters. The summed E-state index contributed by atoms with van der Waals surface area (Å²) in [6, 6.07) is 0. The minimum Gasteiger partial charge on any atom is -0.595 e. The van der Waals surface area contributed by atoms with Crippen LogP contribution in [0.25, 0.3) is 0 Å². The summed E-state index contributed by atoms with van der Waals surface area (Å²) in [5.74, 6) is -0.510. The van der Waals surface area contributed by atoms with E-state index in [1.54, 1.807) is 6.92 Å². The van der Waals surface area contributed by atoms with Gasteiger partial charge in [-0.3, -0.25) is 0 Å². The number of rotatable bonds is 4. The third-order valence-electron chi connectivity index (χ3n) is 0.821. The Hall–Kier alpha value is -0.730. The molecule has 0 saturated carbocycles. The third kappa shape index (κ3) is 7.16. The van der Waals surface area contributed by atoms with E-state index in [0.29, 0.717) is 0 Å². The smallest absolute Gasteiger partial charge is 0.330 e. The maximum absolute atomic E-state index is 10.5. The molecule has 11 heavy (non-hydrogen) atoms. The highest BCUT2D eigenvalue weighted by Gasteiger charge is 2.01. The Morgan fingerprint density at radius 1 is 1.73 bits per heavy atom. The second-order valence-corrected chi connectivity index (χ2v) is 2.84. The van der Waals surface area contributed by atoms with Gasteiger partial charge in [0.1, 0.15) is 6.61 Å². The molecule has 0 aromatic heterocycles. The summed E-state index contributed by atoms with van der Waals surface area (Å²) in [4.78, 5) is 20.5. The highest BCUT2D eigenvalue weighted by Crippen LogP contribution is 2.04. The van der Waals surface area contributed by atoms with Crippen LogP contribution in [-0.2, 0) is 14.1 Å². The minimum absolute atomic E-state index is 0.0676. The van der Waals surface area contributed by atoms with Crippen LogP contribution in [0.3, 0.4) is 0 Å². The van der Waals surface area contributed by atoms with Crippen molar-refractivity contribution >= 4 is 14.0 Å². The van der Waals surface area contributed by atoms with E-state index in [4.69, 9.17) is 0 Å². The minimum atomic E-state index is -2.44. The molecule has 0 aromatic rings. The van der Waals surface area contributed by atoms with Gasteiger partial charge in [0.15, 0.2) is 6.16 Å². The van der Waals surface area contributed by atoms with E-state index in [2.05, 4.69) is 4.74 Å². The zero-order chi connectivity index (χ0) is 8.69.